The molecule has 114 valence electrons. The van der Waals surface area contributed by atoms with E-state index in [0.717, 1.165) is 4.31 Å². The van der Waals surface area contributed by atoms with Gasteiger partial charge in [-0.3, -0.25) is 0 Å². The molecule has 0 aromatic carbocycles. The fourth-order valence-corrected chi connectivity index (χ4v) is 3.97. The second-order valence-corrected chi connectivity index (χ2v) is 6.70. The van der Waals surface area contributed by atoms with E-state index in [2.05, 4.69) is 0 Å². The highest BCUT2D eigenvalue weighted by Crippen LogP contribution is 2.20. The zero-order chi connectivity index (χ0) is 14.6. The second kappa shape index (κ2) is 6.92. The summed E-state index contributed by atoms with van der Waals surface area (Å²) in [6, 6.07) is -0.335. The van der Waals surface area contributed by atoms with Gasteiger partial charge in [-0.25, -0.2) is 8.78 Å². The molecule has 2 atom stereocenters. The Morgan fingerprint density at radius 3 is 2.58 bits per heavy atom. The van der Waals surface area contributed by atoms with Crippen LogP contribution in [0.5, 0.6) is 0 Å². The smallest absolute Gasteiger partial charge is 0.282 e. The summed E-state index contributed by atoms with van der Waals surface area (Å²) in [5, 5.41) is 0. The van der Waals surface area contributed by atoms with Crippen molar-refractivity contribution in [3.8, 4) is 0 Å². The lowest BCUT2D eigenvalue weighted by Gasteiger charge is -2.38. The van der Waals surface area contributed by atoms with Crippen LogP contribution in [-0.2, 0) is 14.9 Å². The summed E-state index contributed by atoms with van der Waals surface area (Å²) in [6.07, 6.45) is -2.39. The molecule has 0 aliphatic carbocycles. The number of nitrogens with zero attached hydrogens (tertiary/aromatic N) is 2. The number of hydrogen-bond donors (Lipinski definition) is 0. The van der Waals surface area contributed by atoms with Crippen molar-refractivity contribution in [1.82, 2.24) is 8.61 Å². The maximum atomic E-state index is 12.5. The average molecular weight is 300 g/mol. The zero-order valence-electron chi connectivity index (χ0n) is 11.6. The van der Waals surface area contributed by atoms with Gasteiger partial charge in [-0.1, -0.05) is 6.92 Å². The highest BCUT2D eigenvalue weighted by Gasteiger charge is 2.37. The highest BCUT2D eigenvalue weighted by molar-refractivity contribution is 7.86. The Labute approximate surface area is 113 Å². The molecule has 5 nitrogen and oxygen atoms in total. The topological polar surface area (TPSA) is 49.9 Å². The monoisotopic (exact) mass is 300 g/mol. The van der Waals surface area contributed by atoms with Crippen LogP contribution in [0.15, 0.2) is 0 Å². The van der Waals surface area contributed by atoms with Gasteiger partial charge in [0, 0.05) is 19.1 Å². The Bertz CT molecular complexity index is 378. The van der Waals surface area contributed by atoms with Crippen molar-refractivity contribution in [3.05, 3.63) is 0 Å². The molecule has 1 aliphatic heterocycles. The van der Waals surface area contributed by atoms with Crippen molar-refractivity contribution in [1.29, 1.82) is 0 Å². The van der Waals surface area contributed by atoms with Crippen molar-refractivity contribution in [3.63, 3.8) is 0 Å². The first-order valence-electron chi connectivity index (χ1n) is 6.45. The molecule has 0 aromatic rings. The van der Waals surface area contributed by atoms with Gasteiger partial charge in [0.15, 0.2) is 0 Å². The Hall–Kier alpha value is -0.310. The third-order valence-corrected chi connectivity index (χ3v) is 5.07. The predicted molar refractivity (Wildman–Crippen MR) is 68.4 cm³/mol. The normalized spacial score (nSPS) is 26.3. The lowest BCUT2D eigenvalue weighted by molar-refractivity contribution is -0.0197. The zero-order valence-corrected chi connectivity index (χ0v) is 12.4. The molecule has 0 amide bonds. The first-order valence-corrected chi connectivity index (χ1v) is 7.85. The number of rotatable bonds is 6. The molecule has 0 radical (unpaired) electrons. The van der Waals surface area contributed by atoms with Gasteiger partial charge in [-0.2, -0.15) is 17.0 Å². The summed E-state index contributed by atoms with van der Waals surface area (Å²) in [6.45, 7) is 5.09. The SMILES string of the molecule is CCCN(CC(F)F)S(=O)(=O)N1C[C@@H](C)OC[C@@H]1C. The molecule has 0 aromatic heterocycles. The number of hydrogen-bond acceptors (Lipinski definition) is 3. The van der Waals surface area contributed by atoms with Gasteiger partial charge in [0.2, 0.25) is 0 Å². The lowest BCUT2D eigenvalue weighted by atomic mass is 10.2. The van der Waals surface area contributed by atoms with Crippen LogP contribution < -0.4 is 0 Å². The fraction of sp³-hybridized carbons (Fsp3) is 1.00. The van der Waals surface area contributed by atoms with E-state index < -0.39 is 23.2 Å². The molecule has 0 unspecified atom stereocenters. The summed E-state index contributed by atoms with van der Waals surface area (Å²) in [5.74, 6) is 0. The van der Waals surface area contributed by atoms with E-state index in [1.807, 2.05) is 0 Å². The summed E-state index contributed by atoms with van der Waals surface area (Å²) in [7, 11) is -3.86. The van der Waals surface area contributed by atoms with E-state index in [4.69, 9.17) is 4.74 Å². The van der Waals surface area contributed by atoms with Crippen LogP contribution >= 0.6 is 0 Å². The maximum absolute atomic E-state index is 12.5. The van der Waals surface area contributed by atoms with E-state index in [1.54, 1.807) is 20.8 Å². The molecule has 0 spiro atoms. The van der Waals surface area contributed by atoms with Crippen LogP contribution in [0.25, 0.3) is 0 Å². The molecule has 1 rings (SSSR count). The fourth-order valence-electron chi connectivity index (χ4n) is 2.05. The van der Waals surface area contributed by atoms with Crippen molar-refractivity contribution < 1.29 is 21.9 Å². The summed E-state index contributed by atoms with van der Waals surface area (Å²) >= 11 is 0. The third-order valence-electron chi connectivity index (χ3n) is 2.99. The molecule has 8 heteroatoms. The molecule has 0 bridgehead atoms. The molecule has 0 N–H and O–H groups in total. The number of halogens is 2. The summed E-state index contributed by atoms with van der Waals surface area (Å²) in [4.78, 5) is 0. The van der Waals surface area contributed by atoms with Gasteiger partial charge in [0.1, 0.15) is 0 Å². The maximum Gasteiger partial charge on any atom is 0.282 e. The van der Waals surface area contributed by atoms with Crippen molar-refractivity contribution >= 4 is 10.2 Å². The van der Waals surface area contributed by atoms with Gasteiger partial charge >= 0.3 is 0 Å². The van der Waals surface area contributed by atoms with Crippen LogP contribution in [0.2, 0.25) is 0 Å². The summed E-state index contributed by atoms with van der Waals surface area (Å²) < 4.78 is 57.4. The highest BCUT2D eigenvalue weighted by atomic mass is 32.2. The van der Waals surface area contributed by atoms with Gasteiger partial charge in [-0.15, -0.1) is 0 Å². The van der Waals surface area contributed by atoms with E-state index in [1.165, 1.54) is 4.31 Å². The quantitative estimate of drug-likeness (QED) is 0.743. The molecule has 19 heavy (non-hydrogen) atoms. The average Bonchev–Trinajstić information content (AvgIpc) is 2.31. The largest absolute Gasteiger partial charge is 0.375 e. The number of morpholine rings is 1. The van der Waals surface area contributed by atoms with Gasteiger partial charge in [0.05, 0.1) is 19.3 Å². The van der Waals surface area contributed by atoms with Crippen LogP contribution in [0.3, 0.4) is 0 Å². The molecule has 1 fully saturated rings. The molecule has 1 heterocycles. The van der Waals surface area contributed by atoms with Crippen molar-refractivity contribution in [2.75, 3.05) is 26.2 Å². The minimum absolute atomic E-state index is 0.102. The first-order chi connectivity index (χ1) is 8.78. The molecule has 0 saturated carbocycles. The lowest BCUT2D eigenvalue weighted by Crippen LogP contribution is -2.55. The minimum Gasteiger partial charge on any atom is -0.375 e. The van der Waals surface area contributed by atoms with Gasteiger partial charge in [0.25, 0.3) is 16.6 Å². The van der Waals surface area contributed by atoms with Gasteiger partial charge < -0.3 is 4.74 Å². The van der Waals surface area contributed by atoms with Crippen molar-refractivity contribution in [2.45, 2.75) is 45.8 Å². The Morgan fingerprint density at radius 1 is 1.42 bits per heavy atom. The number of ether oxygens (including phenoxy) is 1. The Kier molecular flexibility index (Phi) is 6.10. The standard InChI is InChI=1S/C11H22F2N2O3S/c1-4-5-14(7-11(12)13)19(16,17)15-6-10(3)18-8-9(15)2/h9-11H,4-8H2,1-3H3/t9-,10+/m0/s1. The Morgan fingerprint density at radius 2 is 2.05 bits per heavy atom. The third kappa shape index (κ3) is 4.34. The first kappa shape index (κ1) is 16.7. The van der Waals surface area contributed by atoms with Crippen LogP contribution in [0, 0.1) is 0 Å². The molecular weight excluding hydrogens is 278 g/mol. The van der Waals surface area contributed by atoms with E-state index >= 15 is 0 Å². The van der Waals surface area contributed by atoms with Gasteiger partial charge in [-0.05, 0) is 20.3 Å². The van der Waals surface area contributed by atoms with E-state index in [9.17, 15) is 17.2 Å². The van der Waals surface area contributed by atoms with Crippen LogP contribution in [-0.4, -0.2) is 61.8 Å². The van der Waals surface area contributed by atoms with Crippen LogP contribution in [0.1, 0.15) is 27.2 Å². The van der Waals surface area contributed by atoms with Crippen LogP contribution in [0.4, 0.5) is 8.78 Å². The minimum atomic E-state index is -3.86. The predicted octanol–water partition coefficient (Wildman–Crippen LogP) is 1.32. The second-order valence-electron chi connectivity index (χ2n) is 4.82. The Balaban J connectivity index is 2.90. The molecule has 1 aliphatic rings. The van der Waals surface area contributed by atoms with E-state index in [0.29, 0.717) is 6.42 Å². The summed E-state index contributed by atoms with van der Waals surface area (Å²) in [5.41, 5.74) is 0. The van der Waals surface area contributed by atoms with Crippen molar-refractivity contribution in [2.24, 2.45) is 0 Å². The molecule has 1 saturated heterocycles. The number of alkyl halides is 2. The molecular formula is C11H22F2N2O3S. The van der Waals surface area contributed by atoms with E-state index in [-0.39, 0.29) is 31.8 Å².